The largest absolute Gasteiger partial charge is 0.357 e. The van der Waals surface area contributed by atoms with Crippen molar-refractivity contribution in [2.45, 2.75) is 39.0 Å². The van der Waals surface area contributed by atoms with Gasteiger partial charge in [-0.15, -0.1) is 24.0 Å². The molecule has 0 fully saturated rings. The highest BCUT2D eigenvalue weighted by atomic mass is 127. The molecule has 0 aliphatic heterocycles. The maximum atomic E-state index is 13.5. The van der Waals surface area contributed by atoms with Crippen molar-refractivity contribution >= 4 is 41.7 Å². The van der Waals surface area contributed by atoms with Crippen molar-refractivity contribution in [2.75, 3.05) is 19.3 Å². The Bertz CT molecular complexity index is 726. The summed E-state index contributed by atoms with van der Waals surface area (Å²) in [4.78, 5) is 8.81. The van der Waals surface area contributed by atoms with Gasteiger partial charge in [0, 0.05) is 25.3 Å². The van der Waals surface area contributed by atoms with Gasteiger partial charge >= 0.3 is 0 Å². The zero-order valence-electron chi connectivity index (χ0n) is 15.9. The molecule has 2 rings (SSSR count). The van der Waals surface area contributed by atoms with Crippen LogP contribution in [0.25, 0.3) is 0 Å². The van der Waals surface area contributed by atoms with Crippen molar-refractivity contribution in [3.05, 3.63) is 46.9 Å². The topological polar surface area (TPSA) is 75.3 Å². The van der Waals surface area contributed by atoms with Crippen molar-refractivity contribution in [3.63, 3.8) is 0 Å². The highest BCUT2D eigenvalue weighted by molar-refractivity contribution is 14.0. The van der Waals surface area contributed by atoms with Gasteiger partial charge < -0.3 is 15.2 Å². The monoisotopic (exact) mass is 507 g/mol. The summed E-state index contributed by atoms with van der Waals surface area (Å²) in [6.07, 6.45) is 3.60. The number of hydrogen-bond donors (Lipinski definition) is 2. The lowest BCUT2D eigenvalue weighted by atomic mass is 10.1. The number of aliphatic imine (C=N–C) groups is 1. The molecular weight excluding hydrogens is 480 g/mol. The lowest BCUT2D eigenvalue weighted by Crippen LogP contribution is -2.37. The van der Waals surface area contributed by atoms with Gasteiger partial charge in [0.25, 0.3) is 0 Å². The number of nitrogens with one attached hydrogen (secondary N) is 2. The van der Waals surface area contributed by atoms with Crippen LogP contribution in [0.4, 0.5) is 4.39 Å². The SMILES string of the molecule is CCNC(=NCc1ccc(F)cc1CSC)NCCCc1nc(C)no1.I. The summed E-state index contributed by atoms with van der Waals surface area (Å²) in [5, 5.41) is 10.3. The van der Waals surface area contributed by atoms with Gasteiger partial charge in [-0.05, 0) is 49.8 Å². The zero-order valence-corrected chi connectivity index (χ0v) is 19.1. The fraction of sp³-hybridized carbons (Fsp3) is 0.500. The van der Waals surface area contributed by atoms with E-state index in [9.17, 15) is 4.39 Å². The Morgan fingerprint density at radius 1 is 1.30 bits per heavy atom. The van der Waals surface area contributed by atoms with E-state index in [1.807, 2.05) is 26.2 Å². The predicted molar refractivity (Wildman–Crippen MR) is 119 cm³/mol. The van der Waals surface area contributed by atoms with E-state index < -0.39 is 0 Å². The van der Waals surface area contributed by atoms with Gasteiger partial charge in [0.1, 0.15) is 5.82 Å². The second kappa shape index (κ2) is 12.9. The molecule has 27 heavy (non-hydrogen) atoms. The van der Waals surface area contributed by atoms with Crippen molar-refractivity contribution in [2.24, 2.45) is 4.99 Å². The molecule has 0 saturated heterocycles. The Labute approximate surface area is 181 Å². The quantitative estimate of drug-likeness (QED) is 0.234. The van der Waals surface area contributed by atoms with Gasteiger partial charge in [0.2, 0.25) is 5.89 Å². The number of aryl methyl sites for hydroxylation is 2. The third kappa shape index (κ3) is 8.46. The Morgan fingerprint density at radius 3 is 2.78 bits per heavy atom. The molecule has 150 valence electrons. The summed E-state index contributed by atoms with van der Waals surface area (Å²) in [5.74, 6) is 2.62. The number of hydrogen-bond acceptors (Lipinski definition) is 5. The van der Waals surface area contributed by atoms with Crippen LogP contribution in [0.15, 0.2) is 27.7 Å². The van der Waals surface area contributed by atoms with E-state index in [1.54, 1.807) is 17.8 Å². The van der Waals surface area contributed by atoms with Crippen LogP contribution in [-0.2, 0) is 18.7 Å². The molecule has 0 unspecified atom stereocenters. The smallest absolute Gasteiger partial charge is 0.226 e. The second-order valence-electron chi connectivity index (χ2n) is 5.81. The lowest BCUT2D eigenvalue weighted by molar-refractivity contribution is 0.372. The number of aromatic nitrogens is 2. The zero-order chi connectivity index (χ0) is 18.8. The Balaban J connectivity index is 0.00000364. The standard InChI is InChI=1S/C18H26FN5OS.HI/c1-4-20-18(21-9-5-6-17-23-13(2)24-25-17)22-11-14-7-8-16(19)10-15(14)12-26-3;/h7-8,10H,4-6,9,11-12H2,1-3H3,(H2,20,21,22);1H. The molecule has 0 radical (unpaired) electrons. The van der Waals surface area contributed by atoms with Crippen LogP contribution in [0.5, 0.6) is 0 Å². The van der Waals surface area contributed by atoms with Gasteiger partial charge in [-0.3, -0.25) is 0 Å². The molecule has 0 spiro atoms. The molecule has 1 aromatic heterocycles. The van der Waals surface area contributed by atoms with Crippen LogP contribution >= 0.6 is 35.7 Å². The highest BCUT2D eigenvalue weighted by Gasteiger charge is 2.06. The van der Waals surface area contributed by atoms with E-state index >= 15 is 0 Å². The van der Waals surface area contributed by atoms with Gasteiger partial charge in [-0.25, -0.2) is 9.38 Å². The summed E-state index contributed by atoms with van der Waals surface area (Å²) in [6, 6.07) is 4.89. The Morgan fingerprint density at radius 2 is 2.11 bits per heavy atom. The van der Waals surface area contributed by atoms with Crippen LogP contribution in [0.2, 0.25) is 0 Å². The number of benzene rings is 1. The maximum Gasteiger partial charge on any atom is 0.226 e. The van der Waals surface area contributed by atoms with E-state index in [1.165, 1.54) is 6.07 Å². The van der Waals surface area contributed by atoms with Crippen LogP contribution in [-0.4, -0.2) is 35.4 Å². The summed E-state index contributed by atoms with van der Waals surface area (Å²) in [7, 11) is 0. The molecule has 1 heterocycles. The van der Waals surface area contributed by atoms with E-state index in [0.717, 1.165) is 48.8 Å². The number of thioether (sulfide) groups is 1. The average Bonchev–Trinajstić information content (AvgIpc) is 3.03. The fourth-order valence-electron chi connectivity index (χ4n) is 2.43. The first kappa shape index (κ1) is 23.7. The first-order chi connectivity index (χ1) is 12.6. The number of nitrogens with zero attached hydrogens (tertiary/aromatic N) is 3. The van der Waals surface area contributed by atoms with Crippen molar-refractivity contribution in [1.82, 2.24) is 20.8 Å². The third-order valence-corrected chi connectivity index (χ3v) is 4.25. The summed E-state index contributed by atoms with van der Waals surface area (Å²) in [6.45, 7) is 5.86. The minimum absolute atomic E-state index is 0. The molecule has 0 bridgehead atoms. The Kier molecular flexibility index (Phi) is 11.3. The average molecular weight is 507 g/mol. The molecule has 0 amide bonds. The second-order valence-corrected chi connectivity index (χ2v) is 6.67. The minimum atomic E-state index is -0.205. The molecule has 6 nitrogen and oxygen atoms in total. The molecule has 0 atom stereocenters. The predicted octanol–water partition coefficient (Wildman–Crippen LogP) is 3.69. The minimum Gasteiger partial charge on any atom is -0.357 e. The molecule has 0 saturated carbocycles. The first-order valence-corrected chi connectivity index (χ1v) is 10.1. The molecule has 2 aromatic rings. The van der Waals surface area contributed by atoms with Crippen molar-refractivity contribution < 1.29 is 8.91 Å². The Hall–Kier alpha value is -1.36. The fourth-order valence-corrected chi connectivity index (χ4v) is 3.01. The normalized spacial score (nSPS) is 11.2. The first-order valence-electron chi connectivity index (χ1n) is 8.70. The van der Waals surface area contributed by atoms with E-state index in [2.05, 4.69) is 25.8 Å². The molecule has 1 aromatic carbocycles. The van der Waals surface area contributed by atoms with Gasteiger partial charge in [-0.1, -0.05) is 11.2 Å². The van der Waals surface area contributed by atoms with Crippen molar-refractivity contribution in [3.8, 4) is 0 Å². The maximum absolute atomic E-state index is 13.5. The molecular formula is C18H27FIN5OS. The summed E-state index contributed by atoms with van der Waals surface area (Å²) < 4.78 is 18.6. The van der Waals surface area contributed by atoms with Crippen LogP contribution in [0.1, 0.15) is 36.2 Å². The van der Waals surface area contributed by atoms with Crippen LogP contribution < -0.4 is 10.6 Å². The molecule has 2 N–H and O–H groups in total. The van der Waals surface area contributed by atoms with Gasteiger partial charge in [0.05, 0.1) is 6.54 Å². The number of rotatable bonds is 9. The van der Waals surface area contributed by atoms with Gasteiger partial charge in [0.15, 0.2) is 11.8 Å². The number of guanidine groups is 1. The molecule has 0 aliphatic rings. The van der Waals surface area contributed by atoms with Crippen LogP contribution in [0, 0.1) is 12.7 Å². The highest BCUT2D eigenvalue weighted by Crippen LogP contribution is 2.17. The molecule has 0 aliphatic carbocycles. The van der Waals surface area contributed by atoms with E-state index in [-0.39, 0.29) is 29.8 Å². The molecule has 9 heteroatoms. The third-order valence-electron chi connectivity index (χ3n) is 3.65. The van der Waals surface area contributed by atoms with Crippen LogP contribution in [0.3, 0.4) is 0 Å². The van der Waals surface area contributed by atoms with Crippen molar-refractivity contribution in [1.29, 1.82) is 0 Å². The summed E-state index contributed by atoms with van der Waals surface area (Å²) in [5.41, 5.74) is 2.03. The van der Waals surface area contributed by atoms with E-state index in [4.69, 9.17) is 4.52 Å². The van der Waals surface area contributed by atoms with Gasteiger partial charge in [-0.2, -0.15) is 16.7 Å². The lowest BCUT2D eigenvalue weighted by Gasteiger charge is -2.12. The van der Waals surface area contributed by atoms with E-state index in [0.29, 0.717) is 18.3 Å². The summed E-state index contributed by atoms with van der Waals surface area (Å²) >= 11 is 1.67. The number of halogens is 2.